The van der Waals surface area contributed by atoms with Crippen LogP contribution in [0.2, 0.25) is 0 Å². The zero-order valence-electron chi connectivity index (χ0n) is 9.35. The van der Waals surface area contributed by atoms with E-state index in [9.17, 15) is 9.18 Å². The van der Waals surface area contributed by atoms with E-state index in [4.69, 9.17) is 4.74 Å². The minimum Gasteiger partial charge on any atom is -0.480 e. The molecule has 92 valence electrons. The molecule has 0 amide bonds. The number of benzene rings is 1. The van der Waals surface area contributed by atoms with Crippen molar-refractivity contribution in [3.05, 3.63) is 51.9 Å². The third-order valence-corrected chi connectivity index (χ3v) is 2.75. The zero-order chi connectivity index (χ0) is 13.1. The Labute approximate surface area is 111 Å². The Morgan fingerprint density at radius 3 is 2.67 bits per heavy atom. The van der Waals surface area contributed by atoms with E-state index >= 15 is 0 Å². The minimum atomic E-state index is -0.596. The highest BCUT2D eigenvalue weighted by Crippen LogP contribution is 2.18. The number of nitrogens with zero attached hydrogens (tertiary/aromatic N) is 2. The molecule has 1 heterocycles. The van der Waals surface area contributed by atoms with Crippen molar-refractivity contribution < 1.29 is 13.9 Å². The Hall–Kier alpha value is -1.82. The number of aromatic nitrogens is 2. The van der Waals surface area contributed by atoms with Gasteiger partial charge >= 0.3 is 0 Å². The van der Waals surface area contributed by atoms with Crippen molar-refractivity contribution in [2.24, 2.45) is 0 Å². The summed E-state index contributed by atoms with van der Waals surface area (Å²) in [5.41, 5.74) is 0.0108. The molecule has 0 aliphatic carbocycles. The van der Waals surface area contributed by atoms with Crippen molar-refractivity contribution in [2.75, 3.05) is 7.11 Å². The fourth-order valence-corrected chi connectivity index (χ4v) is 1.72. The molecular weight excluding hydrogens is 303 g/mol. The summed E-state index contributed by atoms with van der Waals surface area (Å²) < 4.78 is 19.0. The Balaban J connectivity index is 2.38. The van der Waals surface area contributed by atoms with Crippen molar-refractivity contribution in [1.29, 1.82) is 0 Å². The lowest BCUT2D eigenvalue weighted by molar-refractivity contribution is 0.102. The van der Waals surface area contributed by atoms with Crippen LogP contribution >= 0.6 is 15.9 Å². The largest absolute Gasteiger partial charge is 0.480 e. The number of carbonyl (C=O) groups excluding carboxylic acids is 1. The molecule has 0 saturated heterocycles. The van der Waals surface area contributed by atoms with Gasteiger partial charge < -0.3 is 4.74 Å². The van der Waals surface area contributed by atoms with Crippen LogP contribution in [0.25, 0.3) is 0 Å². The van der Waals surface area contributed by atoms with Crippen LogP contribution in [-0.2, 0) is 0 Å². The third-order valence-electron chi connectivity index (χ3n) is 2.25. The van der Waals surface area contributed by atoms with Gasteiger partial charge in [-0.1, -0.05) is 15.9 Å². The van der Waals surface area contributed by atoms with Gasteiger partial charge in [0.15, 0.2) is 0 Å². The molecule has 0 atom stereocenters. The summed E-state index contributed by atoms with van der Waals surface area (Å²) in [6.07, 6.45) is 0. The van der Waals surface area contributed by atoms with Crippen LogP contribution < -0.4 is 4.74 Å². The summed E-state index contributed by atoms with van der Waals surface area (Å²) in [6.45, 7) is 0. The van der Waals surface area contributed by atoms with Gasteiger partial charge in [-0.2, -0.15) is 0 Å². The highest BCUT2D eigenvalue weighted by Gasteiger charge is 2.16. The van der Waals surface area contributed by atoms with Gasteiger partial charge in [0.05, 0.1) is 12.7 Å². The van der Waals surface area contributed by atoms with E-state index in [1.807, 2.05) is 0 Å². The average molecular weight is 311 g/mol. The van der Waals surface area contributed by atoms with E-state index in [0.717, 1.165) is 0 Å². The molecule has 4 nitrogen and oxygen atoms in total. The molecular formula is C12H8BrFN2O2. The van der Waals surface area contributed by atoms with Crippen LogP contribution in [0.4, 0.5) is 4.39 Å². The predicted octanol–water partition coefficient (Wildman–Crippen LogP) is 2.62. The van der Waals surface area contributed by atoms with Crippen LogP contribution in [0.5, 0.6) is 5.88 Å². The lowest BCUT2D eigenvalue weighted by atomic mass is 10.1. The molecule has 2 rings (SSSR count). The van der Waals surface area contributed by atoms with Crippen LogP contribution in [0.3, 0.4) is 0 Å². The van der Waals surface area contributed by atoms with Gasteiger partial charge in [0.1, 0.15) is 11.5 Å². The standard InChI is InChI=1S/C12H8BrFN2O2/c1-18-11-5-4-10(15-16-11)12(17)8-6-7(13)2-3-9(8)14/h2-6H,1H3. The fraction of sp³-hybridized carbons (Fsp3) is 0.0833. The number of hydrogen-bond acceptors (Lipinski definition) is 4. The van der Waals surface area contributed by atoms with Crippen LogP contribution in [0.15, 0.2) is 34.8 Å². The van der Waals surface area contributed by atoms with E-state index < -0.39 is 11.6 Å². The summed E-state index contributed by atoms with van der Waals surface area (Å²) in [7, 11) is 1.44. The number of ether oxygens (including phenoxy) is 1. The van der Waals surface area contributed by atoms with Gasteiger partial charge in [0.2, 0.25) is 11.7 Å². The second-order valence-electron chi connectivity index (χ2n) is 3.41. The van der Waals surface area contributed by atoms with Crippen molar-refractivity contribution in [2.45, 2.75) is 0 Å². The van der Waals surface area contributed by atoms with Gasteiger partial charge in [-0.05, 0) is 24.3 Å². The maximum absolute atomic E-state index is 13.5. The summed E-state index contributed by atoms with van der Waals surface area (Å²) >= 11 is 3.19. The first kappa shape index (κ1) is 12.6. The van der Waals surface area contributed by atoms with Crippen molar-refractivity contribution >= 4 is 21.7 Å². The molecule has 0 fully saturated rings. The number of ketones is 1. The second-order valence-corrected chi connectivity index (χ2v) is 4.33. The van der Waals surface area contributed by atoms with E-state index in [1.54, 1.807) is 0 Å². The Morgan fingerprint density at radius 2 is 2.06 bits per heavy atom. The molecule has 0 aliphatic rings. The quantitative estimate of drug-likeness (QED) is 0.818. The van der Waals surface area contributed by atoms with E-state index in [-0.39, 0.29) is 11.3 Å². The lowest BCUT2D eigenvalue weighted by Gasteiger charge is -2.03. The smallest absolute Gasteiger partial charge is 0.233 e. The summed E-state index contributed by atoms with van der Waals surface area (Å²) in [5.74, 6) is -0.828. The lowest BCUT2D eigenvalue weighted by Crippen LogP contribution is -2.08. The van der Waals surface area contributed by atoms with Gasteiger partial charge in [-0.3, -0.25) is 4.79 Å². The van der Waals surface area contributed by atoms with Gasteiger partial charge in [-0.25, -0.2) is 4.39 Å². The average Bonchev–Trinajstić information content (AvgIpc) is 2.41. The van der Waals surface area contributed by atoms with E-state index in [0.29, 0.717) is 10.4 Å². The van der Waals surface area contributed by atoms with Crippen LogP contribution in [0, 0.1) is 5.82 Å². The first-order valence-corrected chi connectivity index (χ1v) is 5.78. The molecule has 0 spiro atoms. The maximum atomic E-state index is 13.5. The zero-order valence-corrected chi connectivity index (χ0v) is 10.9. The molecule has 0 saturated carbocycles. The summed E-state index contributed by atoms with van der Waals surface area (Å²) in [6, 6.07) is 7.08. The van der Waals surface area contributed by atoms with E-state index in [2.05, 4.69) is 26.1 Å². The highest BCUT2D eigenvalue weighted by molar-refractivity contribution is 9.10. The monoisotopic (exact) mass is 310 g/mol. The third kappa shape index (κ3) is 2.53. The SMILES string of the molecule is COc1ccc(C(=O)c2cc(Br)ccc2F)nn1. The van der Waals surface area contributed by atoms with Crippen molar-refractivity contribution in [3.8, 4) is 5.88 Å². The van der Waals surface area contributed by atoms with E-state index in [1.165, 1.54) is 37.4 Å². The minimum absolute atomic E-state index is 0.0520. The summed E-state index contributed by atoms with van der Waals surface area (Å²) in [5, 5.41) is 7.36. The molecule has 0 radical (unpaired) electrons. The Morgan fingerprint density at radius 1 is 1.28 bits per heavy atom. The number of carbonyl (C=O) groups is 1. The molecule has 6 heteroatoms. The summed E-state index contributed by atoms with van der Waals surface area (Å²) in [4.78, 5) is 12.0. The molecule has 0 aliphatic heterocycles. The van der Waals surface area contributed by atoms with Gasteiger partial charge in [0, 0.05) is 10.5 Å². The predicted molar refractivity (Wildman–Crippen MR) is 66.1 cm³/mol. The van der Waals surface area contributed by atoms with Gasteiger partial charge in [0.25, 0.3) is 0 Å². The normalized spacial score (nSPS) is 10.2. The van der Waals surface area contributed by atoms with Crippen molar-refractivity contribution in [1.82, 2.24) is 10.2 Å². The maximum Gasteiger partial charge on any atom is 0.233 e. The molecule has 0 N–H and O–H groups in total. The number of rotatable bonds is 3. The molecule has 2 aromatic rings. The van der Waals surface area contributed by atoms with Gasteiger partial charge in [-0.15, -0.1) is 10.2 Å². The molecule has 1 aromatic carbocycles. The van der Waals surface area contributed by atoms with Crippen LogP contribution in [-0.4, -0.2) is 23.1 Å². The number of hydrogen-bond donors (Lipinski definition) is 0. The topological polar surface area (TPSA) is 52.1 Å². The molecule has 0 unspecified atom stereocenters. The number of halogens is 2. The second kappa shape index (κ2) is 5.22. The first-order valence-electron chi connectivity index (χ1n) is 4.99. The van der Waals surface area contributed by atoms with Crippen LogP contribution in [0.1, 0.15) is 16.1 Å². The fourth-order valence-electron chi connectivity index (χ4n) is 1.36. The van der Waals surface area contributed by atoms with Crippen molar-refractivity contribution in [3.63, 3.8) is 0 Å². The molecule has 0 bridgehead atoms. The Kier molecular flexibility index (Phi) is 3.66. The number of methoxy groups -OCH3 is 1. The molecule has 18 heavy (non-hydrogen) atoms. The first-order chi connectivity index (χ1) is 8.61. The highest BCUT2D eigenvalue weighted by atomic mass is 79.9. The molecule has 1 aromatic heterocycles. The Bertz CT molecular complexity index is 587.